The Morgan fingerprint density at radius 2 is 2.00 bits per heavy atom. The Labute approximate surface area is 111 Å². The summed E-state index contributed by atoms with van der Waals surface area (Å²) in [4.78, 5) is 10.8. The summed E-state index contributed by atoms with van der Waals surface area (Å²) >= 11 is 0. The van der Waals surface area contributed by atoms with Crippen molar-refractivity contribution in [1.29, 1.82) is 0 Å². The number of nitrogens with zero attached hydrogens (tertiary/aromatic N) is 3. The van der Waals surface area contributed by atoms with Crippen LogP contribution in [0.2, 0.25) is 0 Å². The molecule has 19 heavy (non-hydrogen) atoms. The molecular weight excluding hydrogens is 244 g/mol. The lowest BCUT2D eigenvalue weighted by Gasteiger charge is -2.11. The van der Waals surface area contributed by atoms with E-state index in [1.54, 1.807) is 18.7 Å². The average molecular weight is 262 g/mol. The molecule has 3 aliphatic rings. The van der Waals surface area contributed by atoms with Gasteiger partial charge in [0.2, 0.25) is 5.82 Å². The molecule has 0 amide bonds. The van der Waals surface area contributed by atoms with Gasteiger partial charge in [0.05, 0.1) is 4.92 Å². The average Bonchev–Trinajstić information content (AvgIpc) is 2.69. The predicted molar refractivity (Wildman–Crippen MR) is 69.8 cm³/mol. The van der Waals surface area contributed by atoms with E-state index in [-0.39, 0.29) is 10.6 Å². The fraction of sp³-hybridized carbons (Fsp3) is 0.769. The molecule has 4 unspecified atom stereocenters. The zero-order valence-corrected chi connectivity index (χ0v) is 11.2. The molecule has 4 atom stereocenters. The maximum atomic E-state index is 11.2. The molecule has 4 rings (SSSR count). The van der Waals surface area contributed by atoms with Gasteiger partial charge in [0.15, 0.2) is 0 Å². The molecule has 1 N–H and O–H groups in total. The summed E-state index contributed by atoms with van der Waals surface area (Å²) in [7, 11) is 1.77. The highest BCUT2D eigenvalue weighted by atomic mass is 16.6. The number of aromatic nitrogens is 2. The van der Waals surface area contributed by atoms with E-state index in [1.165, 1.54) is 19.3 Å². The quantitative estimate of drug-likeness (QED) is 0.668. The van der Waals surface area contributed by atoms with Gasteiger partial charge in [0.25, 0.3) is 0 Å². The van der Waals surface area contributed by atoms with Crippen molar-refractivity contribution in [3.8, 4) is 0 Å². The monoisotopic (exact) mass is 262 g/mol. The number of anilines is 1. The van der Waals surface area contributed by atoms with Gasteiger partial charge < -0.3 is 5.32 Å². The topological polar surface area (TPSA) is 73.0 Å². The van der Waals surface area contributed by atoms with Gasteiger partial charge in [-0.25, -0.2) is 4.68 Å². The van der Waals surface area contributed by atoms with Crippen LogP contribution in [-0.4, -0.2) is 20.7 Å². The fourth-order valence-electron chi connectivity index (χ4n) is 4.70. The van der Waals surface area contributed by atoms with Gasteiger partial charge in [-0.2, -0.15) is 5.10 Å². The Kier molecular flexibility index (Phi) is 2.07. The molecule has 0 aromatic carbocycles. The van der Waals surface area contributed by atoms with Crippen LogP contribution in [0, 0.1) is 40.7 Å². The van der Waals surface area contributed by atoms with E-state index in [0.717, 1.165) is 23.7 Å². The minimum atomic E-state index is -0.322. The molecule has 1 aromatic heterocycles. The number of aryl methyl sites for hydroxylation is 2. The van der Waals surface area contributed by atoms with Crippen LogP contribution in [0.25, 0.3) is 0 Å². The molecule has 102 valence electrons. The minimum absolute atomic E-state index is 0.139. The molecule has 1 heterocycles. The maximum absolute atomic E-state index is 11.2. The summed E-state index contributed by atoms with van der Waals surface area (Å²) in [5.41, 5.74) is 0.628. The minimum Gasteiger partial charge on any atom is -0.361 e. The van der Waals surface area contributed by atoms with E-state index < -0.39 is 0 Å². The molecular formula is C13H18N4O2. The van der Waals surface area contributed by atoms with Crippen LogP contribution >= 0.6 is 0 Å². The number of nitrogens with one attached hydrogen (secondary N) is 1. The molecule has 6 heteroatoms. The zero-order chi connectivity index (χ0) is 13.3. The van der Waals surface area contributed by atoms with Gasteiger partial charge >= 0.3 is 5.69 Å². The van der Waals surface area contributed by atoms with E-state index in [1.807, 2.05) is 0 Å². The standard InChI is InChI=1S/C13H18N4O2/c1-6-12(17(18)19)13(16(2)15-6)14-11-9-7-3-4-8(5-7)10(9)11/h7-11,14H,3-5H2,1-2H3. The maximum Gasteiger partial charge on any atom is 0.333 e. The molecule has 1 aromatic rings. The molecule has 3 aliphatic carbocycles. The van der Waals surface area contributed by atoms with Crippen molar-refractivity contribution in [2.75, 3.05) is 5.32 Å². The van der Waals surface area contributed by atoms with Crippen LogP contribution in [0.5, 0.6) is 0 Å². The summed E-state index contributed by atoms with van der Waals surface area (Å²) in [6, 6.07) is 0.444. The highest BCUT2D eigenvalue weighted by Gasteiger charge is 2.65. The summed E-state index contributed by atoms with van der Waals surface area (Å²) in [5, 5.41) is 18.7. The van der Waals surface area contributed by atoms with Crippen LogP contribution in [0.4, 0.5) is 11.5 Å². The second kappa shape index (κ2) is 3.49. The normalized spacial score (nSPS) is 38.3. The van der Waals surface area contributed by atoms with Crippen LogP contribution in [0.15, 0.2) is 0 Å². The first-order chi connectivity index (χ1) is 9.08. The van der Waals surface area contributed by atoms with Crippen molar-refractivity contribution in [3.63, 3.8) is 0 Å². The fourth-order valence-corrected chi connectivity index (χ4v) is 4.70. The highest BCUT2D eigenvalue weighted by Crippen LogP contribution is 2.66. The molecule has 0 saturated heterocycles. The number of hydrogen-bond acceptors (Lipinski definition) is 4. The molecule has 3 saturated carbocycles. The lowest BCUT2D eigenvalue weighted by Crippen LogP contribution is -2.15. The van der Waals surface area contributed by atoms with Gasteiger partial charge in [-0.15, -0.1) is 0 Å². The highest BCUT2D eigenvalue weighted by molar-refractivity contribution is 5.61. The summed E-state index contributed by atoms with van der Waals surface area (Å²) < 4.78 is 1.61. The van der Waals surface area contributed by atoms with E-state index in [9.17, 15) is 10.1 Å². The Morgan fingerprint density at radius 1 is 1.37 bits per heavy atom. The molecule has 0 spiro atoms. The van der Waals surface area contributed by atoms with Crippen molar-refractivity contribution in [3.05, 3.63) is 15.8 Å². The largest absolute Gasteiger partial charge is 0.361 e. The zero-order valence-electron chi connectivity index (χ0n) is 11.2. The second-order valence-corrected chi connectivity index (χ2v) is 6.32. The first-order valence-electron chi connectivity index (χ1n) is 7.02. The van der Waals surface area contributed by atoms with Gasteiger partial charge in [-0.1, -0.05) is 0 Å². The Bertz CT molecular complexity index is 551. The predicted octanol–water partition coefficient (Wildman–Crippen LogP) is 2.09. The molecule has 6 nitrogen and oxygen atoms in total. The lowest BCUT2D eigenvalue weighted by atomic mass is 10.0. The van der Waals surface area contributed by atoms with Crippen molar-refractivity contribution < 1.29 is 4.92 Å². The third-order valence-corrected chi connectivity index (χ3v) is 5.41. The van der Waals surface area contributed by atoms with E-state index in [0.29, 0.717) is 17.6 Å². The van der Waals surface area contributed by atoms with Gasteiger partial charge in [0, 0.05) is 13.1 Å². The van der Waals surface area contributed by atoms with Crippen molar-refractivity contribution >= 4 is 11.5 Å². The van der Waals surface area contributed by atoms with Crippen LogP contribution in [0.1, 0.15) is 25.0 Å². The Balaban J connectivity index is 1.60. The molecule has 0 radical (unpaired) electrons. The number of hydrogen-bond donors (Lipinski definition) is 1. The smallest absolute Gasteiger partial charge is 0.333 e. The van der Waals surface area contributed by atoms with Gasteiger partial charge in [-0.05, 0) is 49.9 Å². The lowest BCUT2D eigenvalue weighted by molar-refractivity contribution is -0.384. The number of rotatable bonds is 3. The summed E-state index contributed by atoms with van der Waals surface area (Å²) in [5.74, 6) is 3.82. The van der Waals surface area contributed by atoms with E-state index in [2.05, 4.69) is 10.4 Å². The molecule has 3 fully saturated rings. The SMILES string of the molecule is Cc1nn(C)c(NC2C3C4CCC(C4)C23)c1[N+](=O)[O-]. The van der Waals surface area contributed by atoms with Gasteiger partial charge in [-0.3, -0.25) is 10.1 Å². The third-order valence-electron chi connectivity index (χ3n) is 5.41. The Morgan fingerprint density at radius 3 is 2.58 bits per heavy atom. The van der Waals surface area contributed by atoms with Gasteiger partial charge in [0.1, 0.15) is 5.69 Å². The molecule has 2 bridgehead atoms. The van der Waals surface area contributed by atoms with Crippen LogP contribution < -0.4 is 5.32 Å². The first kappa shape index (κ1) is 11.3. The van der Waals surface area contributed by atoms with Crippen molar-refractivity contribution in [2.24, 2.45) is 30.7 Å². The van der Waals surface area contributed by atoms with Crippen molar-refractivity contribution in [2.45, 2.75) is 32.2 Å². The summed E-state index contributed by atoms with van der Waals surface area (Å²) in [6.07, 6.45) is 4.10. The molecule has 0 aliphatic heterocycles. The van der Waals surface area contributed by atoms with E-state index >= 15 is 0 Å². The number of fused-ring (bicyclic) bond motifs is 5. The number of nitro groups is 1. The van der Waals surface area contributed by atoms with E-state index in [4.69, 9.17) is 0 Å². The van der Waals surface area contributed by atoms with Crippen LogP contribution in [-0.2, 0) is 7.05 Å². The second-order valence-electron chi connectivity index (χ2n) is 6.32. The first-order valence-corrected chi connectivity index (χ1v) is 7.02. The Hall–Kier alpha value is -1.59. The summed E-state index contributed by atoms with van der Waals surface area (Å²) in [6.45, 7) is 1.70. The van der Waals surface area contributed by atoms with Crippen LogP contribution in [0.3, 0.4) is 0 Å². The third kappa shape index (κ3) is 1.40. The van der Waals surface area contributed by atoms with Crippen molar-refractivity contribution in [1.82, 2.24) is 9.78 Å².